The van der Waals surface area contributed by atoms with E-state index < -0.39 is 11.6 Å². The predicted octanol–water partition coefficient (Wildman–Crippen LogP) is 3.79. The lowest BCUT2D eigenvalue weighted by Gasteiger charge is -2.08. The van der Waals surface area contributed by atoms with E-state index in [2.05, 4.69) is 4.98 Å². The van der Waals surface area contributed by atoms with Gasteiger partial charge in [0.1, 0.15) is 5.03 Å². The van der Waals surface area contributed by atoms with Gasteiger partial charge in [-0.2, -0.15) is 0 Å². The number of benzene rings is 1. The standard InChI is InChI=1S/C15H16F2N2S/c1-2-11(18)7-10-3-6-15(19-9-10)20-12-4-5-13(16)14(17)8-12/h3-6,8-9,11H,2,7,18H2,1H3. The molecule has 1 aromatic carbocycles. The Bertz CT molecular complexity index is 573. The number of halogens is 2. The summed E-state index contributed by atoms with van der Waals surface area (Å²) in [6, 6.07) is 7.79. The molecule has 1 atom stereocenters. The Morgan fingerprint density at radius 1 is 1.20 bits per heavy atom. The molecule has 0 saturated heterocycles. The van der Waals surface area contributed by atoms with Crippen molar-refractivity contribution in [1.82, 2.24) is 4.98 Å². The highest BCUT2D eigenvalue weighted by Gasteiger charge is 2.06. The first-order valence-electron chi connectivity index (χ1n) is 6.42. The summed E-state index contributed by atoms with van der Waals surface area (Å²) in [7, 11) is 0. The van der Waals surface area contributed by atoms with E-state index in [4.69, 9.17) is 5.73 Å². The topological polar surface area (TPSA) is 38.9 Å². The molecule has 2 nitrogen and oxygen atoms in total. The number of hydrogen-bond donors (Lipinski definition) is 1. The van der Waals surface area contributed by atoms with Crippen LogP contribution in [-0.4, -0.2) is 11.0 Å². The summed E-state index contributed by atoms with van der Waals surface area (Å²) in [6.45, 7) is 2.05. The van der Waals surface area contributed by atoms with Gasteiger partial charge >= 0.3 is 0 Å². The van der Waals surface area contributed by atoms with E-state index in [0.717, 1.165) is 29.5 Å². The highest BCUT2D eigenvalue weighted by molar-refractivity contribution is 7.99. The number of rotatable bonds is 5. The summed E-state index contributed by atoms with van der Waals surface area (Å²) < 4.78 is 25.9. The zero-order valence-corrected chi connectivity index (χ0v) is 12.0. The normalized spacial score (nSPS) is 12.4. The van der Waals surface area contributed by atoms with Crippen LogP contribution in [0.15, 0.2) is 46.5 Å². The van der Waals surface area contributed by atoms with Crippen LogP contribution in [0.25, 0.3) is 0 Å². The minimum atomic E-state index is -0.847. The number of hydrogen-bond acceptors (Lipinski definition) is 3. The number of nitrogens with zero attached hydrogens (tertiary/aromatic N) is 1. The van der Waals surface area contributed by atoms with Gasteiger partial charge in [-0.05, 0) is 42.7 Å². The van der Waals surface area contributed by atoms with Crippen molar-refractivity contribution in [3.63, 3.8) is 0 Å². The SMILES string of the molecule is CCC(N)Cc1ccc(Sc2ccc(F)c(F)c2)nc1. The molecule has 0 amide bonds. The molecular weight excluding hydrogens is 278 g/mol. The molecule has 0 aliphatic rings. The van der Waals surface area contributed by atoms with Gasteiger partial charge in [0.25, 0.3) is 0 Å². The molecule has 0 bridgehead atoms. The van der Waals surface area contributed by atoms with Crippen LogP contribution < -0.4 is 5.73 Å². The maximum absolute atomic E-state index is 13.1. The molecule has 0 radical (unpaired) electrons. The van der Waals surface area contributed by atoms with Gasteiger partial charge in [0, 0.05) is 17.1 Å². The van der Waals surface area contributed by atoms with Crippen molar-refractivity contribution >= 4 is 11.8 Å². The van der Waals surface area contributed by atoms with Crippen LogP contribution in [0.3, 0.4) is 0 Å². The molecule has 0 aliphatic carbocycles. The fourth-order valence-corrected chi connectivity index (χ4v) is 2.48. The van der Waals surface area contributed by atoms with E-state index in [0.29, 0.717) is 4.90 Å². The Hall–Kier alpha value is -1.46. The van der Waals surface area contributed by atoms with Crippen LogP contribution in [0.1, 0.15) is 18.9 Å². The number of nitrogens with two attached hydrogens (primary N) is 1. The average molecular weight is 294 g/mol. The molecule has 2 rings (SSSR count). The molecule has 106 valence electrons. The van der Waals surface area contributed by atoms with E-state index >= 15 is 0 Å². The zero-order valence-electron chi connectivity index (χ0n) is 11.1. The summed E-state index contributed by atoms with van der Waals surface area (Å²) in [6.07, 6.45) is 3.49. The third-order valence-electron chi connectivity index (χ3n) is 2.93. The molecule has 1 unspecified atom stereocenters. The van der Waals surface area contributed by atoms with Crippen molar-refractivity contribution in [2.45, 2.75) is 35.7 Å². The van der Waals surface area contributed by atoms with Gasteiger partial charge in [-0.15, -0.1) is 0 Å². The zero-order chi connectivity index (χ0) is 14.5. The highest BCUT2D eigenvalue weighted by atomic mass is 32.2. The van der Waals surface area contributed by atoms with Gasteiger partial charge in [0.2, 0.25) is 0 Å². The second kappa shape index (κ2) is 6.81. The van der Waals surface area contributed by atoms with E-state index in [1.165, 1.54) is 23.9 Å². The average Bonchev–Trinajstić information content (AvgIpc) is 2.45. The Morgan fingerprint density at radius 3 is 2.60 bits per heavy atom. The monoisotopic (exact) mass is 294 g/mol. The summed E-state index contributed by atoms with van der Waals surface area (Å²) in [5.41, 5.74) is 6.97. The lowest BCUT2D eigenvalue weighted by molar-refractivity contribution is 0.506. The molecule has 0 aliphatic heterocycles. The van der Waals surface area contributed by atoms with Gasteiger partial charge in [-0.25, -0.2) is 13.8 Å². The summed E-state index contributed by atoms with van der Waals surface area (Å²) >= 11 is 1.29. The summed E-state index contributed by atoms with van der Waals surface area (Å²) in [5, 5.41) is 0.741. The Morgan fingerprint density at radius 2 is 2.00 bits per heavy atom. The minimum absolute atomic E-state index is 0.140. The van der Waals surface area contributed by atoms with Gasteiger partial charge in [-0.1, -0.05) is 24.8 Å². The highest BCUT2D eigenvalue weighted by Crippen LogP contribution is 2.27. The molecule has 2 aromatic rings. The lowest BCUT2D eigenvalue weighted by Crippen LogP contribution is -2.21. The number of aromatic nitrogens is 1. The second-order valence-corrected chi connectivity index (χ2v) is 5.65. The maximum Gasteiger partial charge on any atom is 0.159 e. The molecule has 5 heteroatoms. The van der Waals surface area contributed by atoms with Crippen LogP contribution in [0.4, 0.5) is 8.78 Å². The van der Waals surface area contributed by atoms with Crippen molar-refractivity contribution in [1.29, 1.82) is 0 Å². The van der Waals surface area contributed by atoms with Crippen LogP contribution in [0, 0.1) is 11.6 Å². The first-order chi connectivity index (χ1) is 9.58. The van der Waals surface area contributed by atoms with Gasteiger partial charge in [0.05, 0.1) is 0 Å². The van der Waals surface area contributed by atoms with Crippen LogP contribution >= 0.6 is 11.8 Å². The molecule has 1 heterocycles. The molecule has 20 heavy (non-hydrogen) atoms. The van der Waals surface area contributed by atoms with Crippen molar-refractivity contribution in [3.05, 3.63) is 53.7 Å². The molecule has 0 spiro atoms. The molecular formula is C15H16F2N2S. The maximum atomic E-state index is 13.1. The quantitative estimate of drug-likeness (QED) is 0.912. The van der Waals surface area contributed by atoms with Crippen molar-refractivity contribution < 1.29 is 8.78 Å². The summed E-state index contributed by atoms with van der Waals surface area (Å²) in [5.74, 6) is -1.69. The van der Waals surface area contributed by atoms with E-state index in [-0.39, 0.29) is 6.04 Å². The fourth-order valence-electron chi connectivity index (χ4n) is 1.70. The molecule has 1 aromatic heterocycles. The minimum Gasteiger partial charge on any atom is -0.327 e. The third-order valence-corrected chi connectivity index (χ3v) is 3.87. The molecule has 2 N–H and O–H groups in total. The second-order valence-electron chi connectivity index (χ2n) is 4.56. The first-order valence-corrected chi connectivity index (χ1v) is 7.23. The van der Waals surface area contributed by atoms with Crippen LogP contribution in [0.2, 0.25) is 0 Å². The summed E-state index contributed by atoms with van der Waals surface area (Å²) in [4.78, 5) is 4.92. The first kappa shape index (κ1) is 14.9. The molecule has 0 saturated carbocycles. The lowest BCUT2D eigenvalue weighted by atomic mass is 10.1. The van der Waals surface area contributed by atoms with Crippen LogP contribution in [0.5, 0.6) is 0 Å². The van der Waals surface area contributed by atoms with Gasteiger partial charge in [0.15, 0.2) is 11.6 Å². The number of pyridine rings is 1. The van der Waals surface area contributed by atoms with E-state index in [1.807, 2.05) is 19.1 Å². The largest absolute Gasteiger partial charge is 0.327 e. The van der Waals surface area contributed by atoms with E-state index in [9.17, 15) is 8.78 Å². The van der Waals surface area contributed by atoms with Crippen LogP contribution in [-0.2, 0) is 6.42 Å². The van der Waals surface area contributed by atoms with Crippen molar-refractivity contribution in [3.8, 4) is 0 Å². The van der Waals surface area contributed by atoms with Crippen molar-refractivity contribution in [2.24, 2.45) is 5.73 Å². The van der Waals surface area contributed by atoms with Gasteiger partial charge < -0.3 is 5.73 Å². The molecule has 0 fully saturated rings. The Balaban J connectivity index is 2.04. The third kappa shape index (κ3) is 4.02. The Kier molecular flexibility index (Phi) is 5.09. The van der Waals surface area contributed by atoms with Gasteiger partial charge in [-0.3, -0.25) is 0 Å². The fraction of sp³-hybridized carbons (Fsp3) is 0.267. The predicted molar refractivity (Wildman–Crippen MR) is 76.7 cm³/mol. The van der Waals surface area contributed by atoms with E-state index in [1.54, 1.807) is 6.20 Å². The van der Waals surface area contributed by atoms with Crippen molar-refractivity contribution in [2.75, 3.05) is 0 Å². The smallest absolute Gasteiger partial charge is 0.159 e. The Labute approximate surface area is 121 Å².